The van der Waals surface area contributed by atoms with Crippen molar-refractivity contribution in [2.75, 3.05) is 0 Å². The van der Waals surface area contributed by atoms with Crippen LogP contribution >= 0.6 is 0 Å². The van der Waals surface area contributed by atoms with Gasteiger partial charge in [-0.15, -0.1) is 0 Å². The third kappa shape index (κ3) is 2.18. The second-order valence-electron chi connectivity index (χ2n) is 11.3. The Labute approximate surface area is 151 Å². The molecule has 8 bridgehead atoms. The van der Waals surface area contributed by atoms with Crippen LogP contribution in [0.1, 0.15) is 77.0 Å². The Bertz CT molecular complexity index is 572. The average Bonchev–Trinajstić information content (AvgIpc) is 2.52. The molecule has 0 aromatic heterocycles. The Hall–Kier alpha value is -0.790. The smallest absolute Gasteiger partial charge is 0.165 e. The molecule has 25 heavy (non-hydrogen) atoms. The van der Waals surface area contributed by atoms with Gasteiger partial charge in [-0.25, -0.2) is 0 Å². The van der Waals surface area contributed by atoms with Crippen molar-refractivity contribution >= 4 is 5.78 Å². The first kappa shape index (κ1) is 15.3. The van der Waals surface area contributed by atoms with Gasteiger partial charge in [-0.05, 0) is 113 Å². The lowest BCUT2D eigenvalue weighted by molar-refractivity contribution is -0.139. The number of aliphatic hydroxyl groups is 1. The molecule has 0 aromatic carbocycles. The molecule has 0 aromatic rings. The summed E-state index contributed by atoms with van der Waals surface area (Å²) < 4.78 is 0. The molecule has 8 aliphatic rings. The maximum absolute atomic E-state index is 13.4. The molecular weight excluding hydrogens is 308 g/mol. The summed E-state index contributed by atoms with van der Waals surface area (Å²) in [6.07, 6.45) is 16.8. The minimum atomic E-state index is -0.0922. The second kappa shape index (κ2) is 4.93. The molecule has 8 aliphatic carbocycles. The van der Waals surface area contributed by atoms with Crippen LogP contribution in [0.4, 0.5) is 0 Å². The maximum Gasteiger partial charge on any atom is 0.165 e. The van der Waals surface area contributed by atoms with E-state index in [9.17, 15) is 9.90 Å². The highest BCUT2D eigenvalue weighted by Crippen LogP contribution is 2.63. The van der Waals surface area contributed by atoms with E-state index < -0.39 is 0 Å². The fourth-order valence-corrected chi connectivity index (χ4v) is 9.27. The third-order valence-electron chi connectivity index (χ3n) is 9.41. The molecule has 0 heterocycles. The van der Waals surface area contributed by atoms with E-state index in [1.54, 1.807) is 6.08 Å². The predicted molar refractivity (Wildman–Crippen MR) is 96.9 cm³/mol. The van der Waals surface area contributed by atoms with Gasteiger partial charge in [0.15, 0.2) is 5.78 Å². The van der Waals surface area contributed by atoms with E-state index in [1.807, 2.05) is 0 Å². The number of allylic oxidation sites excluding steroid dienone is 2. The summed E-state index contributed by atoms with van der Waals surface area (Å²) in [6.45, 7) is 0. The summed E-state index contributed by atoms with van der Waals surface area (Å²) in [7, 11) is 0. The molecular formula is C23H32O2. The largest absolute Gasteiger partial charge is 0.512 e. The highest BCUT2D eigenvalue weighted by atomic mass is 16.3. The van der Waals surface area contributed by atoms with Gasteiger partial charge >= 0.3 is 0 Å². The normalized spacial score (nSPS) is 55.8. The van der Waals surface area contributed by atoms with Crippen molar-refractivity contribution in [2.24, 2.45) is 46.3 Å². The zero-order valence-corrected chi connectivity index (χ0v) is 15.4. The van der Waals surface area contributed by atoms with E-state index in [0.29, 0.717) is 11.5 Å². The summed E-state index contributed by atoms with van der Waals surface area (Å²) in [4.78, 5) is 13.4. The first-order valence-corrected chi connectivity index (χ1v) is 11.0. The van der Waals surface area contributed by atoms with Crippen molar-refractivity contribution in [3.05, 3.63) is 11.8 Å². The van der Waals surface area contributed by atoms with Gasteiger partial charge < -0.3 is 5.11 Å². The van der Waals surface area contributed by atoms with Crippen LogP contribution in [-0.2, 0) is 4.79 Å². The minimum Gasteiger partial charge on any atom is -0.512 e. The SMILES string of the molecule is O=C(/C=C(\O)C12CC3CC(CC(C3)C1)C2)C12CC3CC(CC(C3)C1)C2. The van der Waals surface area contributed by atoms with Crippen LogP contribution in [0.25, 0.3) is 0 Å². The topological polar surface area (TPSA) is 37.3 Å². The summed E-state index contributed by atoms with van der Waals surface area (Å²) in [5.74, 6) is 5.64. The highest BCUT2D eigenvalue weighted by molar-refractivity contribution is 5.95. The van der Waals surface area contributed by atoms with Gasteiger partial charge in [0.1, 0.15) is 5.76 Å². The molecule has 8 fully saturated rings. The van der Waals surface area contributed by atoms with Gasteiger partial charge in [0.2, 0.25) is 0 Å². The number of hydrogen-bond acceptors (Lipinski definition) is 2. The predicted octanol–water partition coefficient (Wildman–Crippen LogP) is 5.43. The van der Waals surface area contributed by atoms with Crippen LogP contribution in [-0.4, -0.2) is 10.9 Å². The van der Waals surface area contributed by atoms with Crippen molar-refractivity contribution in [1.29, 1.82) is 0 Å². The van der Waals surface area contributed by atoms with Gasteiger partial charge in [-0.2, -0.15) is 0 Å². The van der Waals surface area contributed by atoms with Crippen LogP contribution in [0.15, 0.2) is 11.8 Å². The molecule has 1 N–H and O–H groups in total. The van der Waals surface area contributed by atoms with Crippen LogP contribution in [0.3, 0.4) is 0 Å². The number of carbonyl (C=O) groups is 1. The molecule has 2 nitrogen and oxygen atoms in total. The third-order valence-corrected chi connectivity index (χ3v) is 9.41. The second-order valence-corrected chi connectivity index (χ2v) is 11.3. The van der Waals surface area contributed by atoms with Gasteiger partial charge in [0.25, 0.3) is 0 Å². The van der Waals surface area contributed by atoms with E-state index in [1.165, 1.54) is 38.5 Å². The van der Waals surface area contributed by atoms with Crippen molar-refractivity contribution in [1.82, 2.24) is 0 Å². The molecule has 8 rings (SSSR count). The van der Waals surface area contributed by atoms with Gasteiger partial charge in [-0.3, -0.25) is 4.79 Å². The Kier molecular flexibility index (Phi) is 3.01. The van der Waals surface area contributed by atoms with E-state index in [0.717, 1.165) is 74.0 Å². The van der Waals surface area contributed by atoms with Crippen molar-refractivity contribution in [3.63, 3.8) is 0 Å². The highest BCUT2D eigenvalue weighted by Gasteiger charge is 2.56. The van der Waals surface area contributed by atoms with E-state index in [2.05, 4.69) is 0 Å². The molecule has 0 spiro atoms. The van der Waals surface area contributed by atoms with Gasteiger partial charge in [0, 0.05) is 16.9 Å². The van der Waals surface area contributed by atoms with Gasteiger partial charge in [0.05, 0.1) is 0 Å². The summed E-state index contributed by atoms with van der Waals surface area (Å²) in [6, 6.07) is 0. The standard InChI is InChI=1S/C23H32O2/c24-20(22-8-14-1-15(9-22)3-16(2-14)10-22)7-21(25)23-11-17-4-18(12-23)6-19(5-17)13-23/h7,14-19,24H,1-6,8-13H2/b20-7-. The van der Waals surface area contributed by atoms with E-state index in [-0.39, 0.29) is 10.8 Å². The number of rotatable bonds is 3. The molecule has 8 saturated carbocycles. The lowest BCUT2D eigenvalue weighted by Gasteiger charge is -2.57. The monoisotopic (exact) mass is 340 g/mol. The summed E-state index contributed by atoms with van der Waals surface area (Å²) in [5.41, 5.74) is -0.113. The maximum atomic E-state index is 13.4. The fourth-order valence-electron chi connectivity index (χ4n) is 9.27. The zero-order valence-electron chi connectivity index (χ0n) is 15.4. The number of hydrogen-bond donors (Lipinski definition) is 1. The van der Waals surface area contributed by atoms with Crippen molar-refractivity contribution in [2.45, 2.75) is 77.0 Å². The van der Waals surface area contributed by atoms with E-state index >= 15 is 0 Å². The van der Waals surface area contributed by atoms with Crippen molar-refractivity contribution in [3.8, 4) is 0 Å². The first-order chi connectivity index (χ1) is 12.0. The lowest BCUT2D eigenvalue weighted by Crippen LogP contribution is -2.50. The van der Waals surface area contributed by atoms with Crippen LogP contribution in [0.2, 0.25) is 0 Å². The Morgan fingerprint density at radius 2 is 0.960 bits per heavy atom. The van der Waals surface area contributed by atoms with Crippen LogP contribution in [0.5, 0.6) is 0 Å². The molecule has 0 unspecified atom stereocenters. The molecule has 0 radical (unpaired) electrons. The Morgan fingerprint density at radius 1 is 0.640 bits per heavy atom. The molecule has 2 heteroatoms. The van der Waals surface area contributed by atoms with Crippen LogP contribution in [0, 0.1) is 46.3 Å². The van der Waals surface area contributed by atoms with Crippen LogP contribution < -0.4 is 0 Å². The Morgan fingerprint density at radius 3 is 1.32 bits per heavy atom. The quantitative estimate of drug-likeness (QED) is 0.549. The molecule has 0 amide bonds. The molecule has 0 saturated heterocycles. The first-order valence-electron chi connectivity index (χ1n) is 11.0. The summed E-state index contributed by atoms with van der Waals surface area (Å²) in [5, 5.41) is 11.1. The summed E-state index contributed by atoms with van der Waals surface area (Å²) >= 11 is 0. The lowest BCUT2D eigenvalue weighted by atomic mass is 9.47. The number of ketones is 1. The molecule has 0 aliphatic heterocycles. The number of carbonyl (C=O) groups excluding carboxylic acids is 1. The molecule has 0 atom stereocenters. The minimum absolute atomic E-state index is 0.0211. The Balaban J connectivity index is 1.29. The van der Waals surface area contributed by atoms with Gasteiger partial charge in [-0.1, -0.05) is 0 Å². The zero-order chi connectivity index (χ0) is 16.8. The van der Waals surface area contributed by atoms with Crippen molar-refractivity contribution < 1.29 is 9.90 Å². The average molecular weight is 341 g/mol. The van der Waals surface area contributed by atoms with E-state index in [4.69, 9.17) is 0 Å². The fraction of sp³-hybridized carbons (Fsp3) is 0.870. The number of aliphatic hydroxyl groups excluding tert-OH is 1. The molecule has 136 valence electrons.